The van der Waals surface area contributed by atoms with E-state index >= 15 is 0 Å². The van der Waals surface area contributed by atoms with Gasteiger partial charge in [-0.2, -0.15) is 0 Å². The van der Waals surface area contributed by atoms with Crippen molar-refractivity contribution in [3.8, 4) is 0 Å². The molecule has 0 radical (unpaired) electrons. The van der Waals surface area contributed by atoms with Crippen molar-refractivity contribution in [1.29, 1.82) is 0 Å². The predicted octanol–water partition coefficient (Wildman–Crippen LogP) is 1.35. The molecule has 0 aromatic heterocycles. The summed E-state index contributed by atoms with van der Waals surface area (Å²) in [6.07, 6.45) is 0. The average Bonchev–Trinajstić information content (AvgIpc) is 2.28. The van der Waals surface area contributed by atoms with Crippen molar-refractivity contribution < 1.29 is 8.42 Å². The van der Waals surface area contributed by atoms with E-state index in [9.17, 15) is 8.42 Å². The molecule has 0 amide bonds. The molecule has 0 saturated heterocycles. The van der Waals surface area contributed by atoms with Crippen LogP contribution >= 0.6 is 12.4 Å². The molecular weight excluding hydrogens is 248 g/mol. The van der Waals surface area contributed by atoms with Gasteiger partial charge in [-0.1, -0.05) is 12.1 Å². The van der Waals surface area contributed by atoms with Crippen molar-refractivity contribution in [1.82, 2.24) is 0 Å². The van der Waals surface area contributed by atoms with Gasteiger partial charge in [0.25, 0.3) is 0 Å². The summed E-state index contributed by atoms with van der Waals surface area (Å²) in [5.74, 6) is 0.0936. The highest BCUT2D eigenvalue weighted by Crippen LogP contribution is 2.17. The minimum atomic E-state index is -3.18. The highest BCUT2D eigenvalue weighted by atomic mass is 35.5. The van der Waals surface area contributed by atoms with Crippen LogP contribution < -0.4 is 10.0 Å². The van der Waals surface area contributed by atoms with E-state index in [1.165, 1.54) is 4.31 Å². The first-order chi connectivity index (χ1) is 7.01. The number of hydrogen-bond acceptors (Lipinski definition) is 3. The van der Waals surface area contributed by atoms with E-state index in [0.29, 0.717) is 12.2 Å². The first kappa shape index (κ1) is 15.2. The zero-order chi connectivity index (χ0) is 11.5. The van der Waals surface area contributed by atoms with Crippen LogP contribution in [0.2, 0.25) is 0 Å². The Morgan fingerprint density at radius 1 is 1.38 bits per heavy atom. The van der Waals surface area contributed by atoms with Gasteiger partial charge < -0.3 is 5.73 Å². The third kappa shape index (κ3) is 3.37. The van der Waals surface area contributed by atoms with Crippen LogP contribution in [0.25, 0.3) is 0 Å². The van der Waals surface area contributed by atoms with Crippen molar-refractivity contribution in [2.45, 2.75) is 13.5 Å². The lowest BCUT2D eigenvalue weighted by Gasteiger charge is -2.18. The highest BCUT2D eigenvalue weighted by molar-refractivity contribution is 7.92. The first-order valence-electron chi connectivity index (χ1n) is 4.77. The molecule has 0 spiro atoms. The summed E-state index contributed by atoms with van der Waals surface area (Å²) in [6, 6.07) is 7.22. The Morgan fingerprint density at radius 2 is 2.00 bits per heavy atom. The third-order valence-corrected chi connectivity index (χ3v) is 4.07. The molecular formula is C10H17ClN2O2S. The van der Waals surface area contributed by atoms with Gasteiger partial charge in [-0.05, 0) is 24.6 Å². The molecule has 4 nitrogen and oxygen atoms in total. The van der Waals surface area contributed by atoms with Crippen LogP contribution in [0.5, 0.6) is 0 Å². The Kier molecular flexibility index (Phi) is 5.78. The third-order valence-electron chi connectivity index (χ3n) is 2.29. The molecule has 0 unspecified atom stereocenters. The smallest absolute Gasteiger partial charge is 0.234 e. The second kappa shape index (κ2) is 6.08. The lowest BCUT2D eigenvalue weighted by molar-refractivity contribution is 0.595. The van der Waals surface area contributed by atoms with Gasteiger partial charge in [0.05, 0.1) is 11.4 Å². The quantitative estimate of drug-likeness (QED) is 0.893. The van der Waals surface area contributed by atoms with E-state index in [2.05, 4.69) is 0 Å². The molecule has 16 heavy (non-hydrogen) atoms. The molecule has 1 rings (SSSR count). The van der Waals surface area contributed by atoms with E-state index in [0.717, 1.165) is 5.56 Å². The molecule has 6 heteroatoms. The van der Waals surface area contributed by atoms with Crippen LogP contribution in [0.3, 0.4) is 0 Å². The monoisotopic (exact) mass is 264 g/mol. The highest BCUT2D eigenvalue weighted by Gasteiger charge is 2.15. The first-order valence-corrected chi connectivity index (χ1v) is 6.37. The Bertz CT molecular complexity index is 434. The summed E-state index contributed by atoms with van der Waals surface area (Å²) in [6.45, 7) is 2.03. The van der Waals surface area contributed by atoms with Crippen LogP contribution in [0.1, 0.15) is 12.5 Å². The minimum Gasteiger partial charge on any atom is -0.326 e. The second-order valence-corrected chi connectivity index (χ2v) is 5.53. The van der Waals surface area contributed by atoms with Crippen molar-refractivity contribution in [2.24, 2.45) is 5.73 Å². The number of halogens is 1. The Labute approximate surface area is 103 Å². The number of anilines is 1. The molecule has 0 aliphatic heterocycles. The van der Waals surface area contributed by atoms with E-state index < -0.39 is 10.0 Å². The lowest BCUT2D eigenvalue weighted by Crippen LogP contribution is -2.28. The Morgan fingerprint density at radius 3 is 2.50 bits per heavy atom. The molecule has 1 aromatic rings. The van der Waals surface area contributed by atoms with Crippen LogP contribution in [0.4, 0.5) is 5.69 Å². The van der Waals surface area contributed by atoms with Crippen LogP contribution in [-0.4, -0.2) is 21.2 Å². The Balaban J connectivity index is 0.00000225. The number of sulfonamides is 1. The van der Waals surface area contributed by atoms with Crippen LogP contribution in [0, 0.1) is 0 Å². The Hall–Kier alpha value is -0.780. The summed E-state index contributed by atoms with van der Waals surface area (Å²) in [4.78, 5) is 0. The number of benzene rings is 1. The van der Waals surface area contributed by atoms with E-state index in [4.69, 9.17) is 5.73 Å². The zero-order valence-corrected chi connectivity index (χ0v) is 11.0. The molecule has 0 aliphatic rings. The molecule has 0 saturated carbocycles. The van der Waals surface area contributed by atoms with E-state index in [-0.39, 0.29) is 18.2 Å². The van der Waals surface area contributed by atoms with Crippen molar-refractivity contribution in [3.05, 3.63) is 29.8 Å². The molecule has 0 aliphatic carbocycles. The van der Waals surface area contributed by atoms with Crippen molar-refractivity contribution >= 4 is 28.1 Å². The molecule has 0 atom stereocenters. The summed E-state index contributed by atoms with van der Waals surface area (Å²) in [5.41, 5.74) is 7.07. The standard InChI is InChI=1S/C10H16N2O2S.ClH/c1-3-15(13,14)12(2)10-6-4-5-9(7-10)8-11;/h4-7H,3,8,11H2,1-2H3;1H. The molecule has 1 aromatic carbocycles. The van der Waals surface area contributed by atoms with Crippen molar-refractivity contribution in [3.63, 3.8) is 0 Å². The van der Waals surface area contributed by atoms with Gasteiger partial charge >= 0.3 is 0 Å². The van der Waals surface area contributed by atoms with Gasteiger partial charge in [0, 0.05) is 13.6 Å². The largest absolute Gasteiger partial charge is 0.326 e. The zero-order valence-electron chi connectivity index (χ0n) is 9.38. The number of nitrogens with two attached hydrogens (primary N) is 1. The van der Waals surface area contributed by atoms with E-state index in [1.807, 2.05) is 6.07 Å². The lowest BCUT2D eigenvalue weighted by atomic mass is 10.2. The van der Waals surface area contributed by atoms with Gasteiger partial charge in [0.15, 0.2) is 0 Å². The number of nitrogens with zero attached hydrogens (tertiary/aromatic N) is 1. The van der Waals surface area contributed by atoms with Gasteiger partial charge in [-0.25, -0.2) is 8.42 Å². The average molecular weight is 265 g/mol. The molecule has 2 N–H and O–H groups in total. The summed E-state index contributed by atoms with van der Waals surface area (Å²) in [7, 11) is -1.63. The maximum atomic E-state index is 11.6. The van der Waals surface area contributed by atoms with Gasteiger partial charge in [-0.3, -0.25) is 4.31 Å². The maximum Gasteiger partial charge on any atom is 0.234 e. The minimum absolute atomic E-state index is 0. The normalized spacial score (nSPS) is 10.7. The molecule has 92 valence electrons. The molecule has 0 bridgehead atoms. The predicted molar refractivity (Wildman–Crippen MR) is 69.4 cm³/mol. The van der Waals surface area contributed by atoms with Crippen LogP contribution in [-0.2, 0) is 16.6 Å². The SMILES string of the molecule is CCS(=O)(=O)N(C)c1cccc(CN)c1.Cl. The fraction of sp³-hybridized carbons (Fsp3) is 0.400. The van der Waals surface area contributed by atoms with Gasteiger partial charge in [0.2, 0.25) is 10.0 Å². The van der Waals surface area contributed by atoms with E-state index in [1.54, 1.807) is 32.2 Å². The second-order valence-electron chi connectivity index (χ2n) is 3.24. The number of hydrogen-bond donors (Lipinski definition) is 1. The topological polar surface area (TPSA) is 63.4 Å². The van der Waals surface area contributed by atoms with Crippen molar-refractivity contribution in [2.75, 3.05) is 17.1 Å². The molecule has 0 fully saturated rings. The number of rotatable bonds is 4. The molecule has 0 heterocycles. The van der Waals surface area contributed by atoms with Gasteiger partial charge in [-0.15, -0.1) is 12.4 Å². The van der Waals surface area contributed by atoms with Gasteiger partial charge in [0.1, 0.15) is 0 Å². The fourth-order valence-electron chi connectivity index (χ4n) is 1.23. The van der Waals surface area contributed by atoms with Crippen LogP contribution in [0.15, 0.2) is 24.3 Å². The maximum absolute atomic E-state index is 11.6. The summed E-state index contributed by atoms with van der Waals surface area (Å²) >= 11 is 0. The summed E-state index contributed by atoms with van der Waals surface area (Å²) < 4.78 is 24.5. The summed E-state index contributed by atoms with van der Waals surface area (Å²) in [5, 5.41) is 0. The fourth-order valence-corrected chi connectivity index (χ4v) is 2.06.